The predicted molar refractivity (Wildman–Crippen MR) is 73.5 cm³/mol. The molecule has 0 atom stereocenters. The van der Waals surface area contributed by atoms with E-state index in [2.05, 4.69) is 10.6 Å². The molecule has 0 spiro atoms. The highest BCUT2D eigenvalue weighted by Crippen LogP contribution is 2.13. The van der Waals surface area contributed by atoms with Gasteiger partial charge in [0.15, 0.2) is 0 Å². The van der Waals surface area contributed by atoms with E-state index in [0.717, 1.165) is 11.4 Å². The molecule has 0 aliphatic carbocycles. The van der Waals surface area contributed by atoms with Gasteiger partial charge in [-0.1, -0.05) is 0 Å². The topological polar surface area (TPSA) is 46.1 Å². The first-order chi connectivity index (χ1) is 8.79. The Kier molecular flexibility index (Phi) is 4.25. The number of carbonyl (C=O) groups is 1. The van der Waals surface area contributed by atoms with Gasteiger partial charge in [0.2, 0.25) is 0 Å². The lowest BCUT2D eigenvalue weighted by atomic mass is 10.3. The van der Waals surface area contributed by atoms with E-state index in [1.54, 1.807) is 0 Å². The van der Waals surface area contributed by atoms with Crippen molar-refractivity contribution in [3.05, 3.63) is 48.8 Å². The number of carbonyl (C=O) groups excluding carboxylic acids is 1. The zero-order chi connectivity index (χ0) is 12.8. The molecule has 1 aromatic carbocycles. The lowest BCUT2D eigenvalue weighted by Crippen LogP contribution is -2.30. The summed E-state index contributed by atoms with van der Waals surface area (Å²) in [7, 11) is 0. The van der Waals surface area contributed by atoms with Gasteiger partial charge in [0.1, 0.15) is 0 Å². The summed E-state index contributed by atoms with van der Waals surface area (Å²) >= 11 is 5.48. The summed E-state index contributed by atoms with van der Waals surface area (Å²) in [5, 5.41) is 5.37. The fraction of sp³-hybridized carbons (Fsp3) is 0.154. The molecule has 94 valence electrons. The van der Waals surface area contributed by atoms with Gasteiger partial charge in [-0.25, -0.2) is 4.79 Å². The maximum absolute atomic E-state index is 11.4. The van der Waals surface area contributed by atoms with Gasteiger partial charge in [-0.2, -0.15) is 0 Å². The first-order valence-electron chi connectivity index (χ1n) is 5.64. The fourth-order valence-electron chi connectivity index (χ4n) is 1.56. The molecule has 2 aromatic rings. The van der Waals surface area contributed by atoms with Crippen molar-refractivity contribution in [1.82, 2.24) is 9.88 Å². The maximum Gasteiger partial charge on any atom is 0.319 e. The standard InChI is InChI=1S/C13H14ClN3O/c14-7-8-15-13(18)16-11-3-5-12(6-4-11)17-9-1-2-10-17/h1-6,9-10H,7-8H2,(H2,15,16,18). The van der Waals surface area contributed by atoms with Crippen LogP contribution >= 0.6 is 11.6 Å². The summed E-state index contributed by atoms with van der Waals surface area (Å²) in [6.45, 7) is 0.453. The smallest absolute Gasteiger partial charge is 0.319 e. The predicted octanol–water partition coefficient (Wildman–Crippen LogP) is 2.84. The van der Waals surface area contributed by atoms with Crippen LogP contribution in [0, 0.1) is 0 Å². The van der Waals surface area contributed by atoms with E-state index in [9.17, 15) is 4.79 Å². The van der Waals surface area contributed by atoms with Crippen molar-refractivity contribution in [2.45, 2.75) is 0 Å². The van der Waals surface area contributed by atoms with Crippen molar-refractivity contribution in [2.24, 2.45) is 0 Å². The molecular formula is C13H14ClN3O. The number of amides is 2. The second kappa shape index (κ2) is 6.12. The molecule has 5 heteroatoms. The average molecular weight is 264 g/mol. The van der Waals surface area contributed by atoms with E-state index in [0.29, 0.717) is 12.4 Å². The Morgan fingerprint density at radius 2 is 1.83 bits per heavy atom. The molecule has 4 nitrogen and oxygen atoms in total. The number of anilines is 1. The van der Waals surface area contributed by atoms with Crippen LogP contribution in [0.25, 0.3) is 5.69 Å². The number of nitrogens with zero attached hydrogens (tertiary/aromatic N) is 1. The summed E-state index contributed by atoms with van der Waals surface area (Å²) in [4.78, 5) is 11.4. The summed E-state index contributed by atoms with van der Waals surface area (Å²) in [5.74, 6) is 0.403. The number of rotatable bonds is 4. The summed E-state index contributed by atoms with van der Waals surface area (Å²) in [6, 6.07) is 11.3. The molecule has 2 N–H and O–H groups in total. The Morgan fingerprint density at radius 3 is 2.44 bits per heavy atom. The van der Waals surface area contributed by atoms with Crippen LogP contribution in [0.5, 0.6) is 0 Å². The maximum atomic E-state index is 11.4. The van der Waals surface area contributed by atoms with Crippen LogP contribution < -0.4 is 10.6 Å². The van der Waals surface area contributed by atoms with E-state index in [4.69, 9.17) is 11.6 Å². The molecule has 0 radical (unpaired) electrons. The molecule has 0 saturated heterocycles. The van der Waals surface area contributed by atoms with Crippen LogP contribution in [0.4, 0.5) is 10.5 Å². The molecule has 0 unspecified atom stereocenters. The highest BCUT2D eigenvalue weighted by Gasteiger charge is 2.00. The average Bonchev–Trinajstić information content (AvgIpc) is 2.91. The zero-order valence-corrected chi connectivity index (χ0v) is 10.5. The lowest BCUT2D eigenvalue weighted by molar-refractivity contribution is 0.252. The second-order valence-electron chi connectivity index (χ2n) is 3.71. The van der Waals surface area contributed by atoms with Gasteiger partial charge in [-0.15, -0.1) is 11.6 Å². The summed E-state index contributed by atoms with van der Waals surface area (Å²) in [6.07, 6.45) is 3.94. The van der Waals surface area contributed by atoms with E-state index in [-0.39, 0.29) is 6.03 Å². The number of benzene rings is 1. The lowest BCUT2D eigenvalue weighted by Gasteiger charge is -2.08. The summed E-state index contributed by atoms with van der Waals surface area (Å²) < 4.78 is 2.00. The van der Waals surface area contributed by atoms with E-state index in [1.807, 2.05) is 53.4 Å². The van der Waals surface area contributed by atoms with Crippen molar-refractivity contribution < 1.29 is 4.79 Å². The van der Waals surface area contributed by atoms with Crippen molar-refractivity contribution in [3.63, 3.8) is 0 Å². The number of alkyl halides is 1. The molecule has 2 rings (SSSR count). The van der Waals surface area contributed by atoms with Crippen LogP contribution in [0.2, 0.25) is 0 Å². The van der Waals surface area contributed by atoms with Crippen molar-refractivity contribution in [2.75, 3.05) is 17.7 Å². The molecule has 18 heavy (non-hydrogen) atoms. The highest BCUT2D eigenvalue weighted by molar-refractivity contribution is 6.18. The Balaban J connectivity index is 1.98. The molecule has 1 heterocycles. The van der Waals surface area contributed by atoms with Gasteiger partial charge in [-0.3, -0.25) is 0 Å². The van der Waals surface area contributed by atoms with Crippen molar-refractivity contribution >= 4 is 23.3 Å². The van der Waals surface area contributed by atoms with Crippen LogP contribution in [0.15, 0.2) is 48.8 Å². The quantitative estimate of drug-likeness (QED) is 0.819. The summed E-state index contributed by atoms with van der Waals surface area (Å²) in [5.41, 5.74) is 1.80. The first kappa shape index (κ1) is 12.5. The van der Waals surface area contributed by atoms with Crippen LogP contribution in [-0.4, -0.2) is 23.0 Å². The van der Waals surface area contributed by atoms with Crippen molar-refractivity contribution in [3.8, 4) is 5.69 Å². The Bertz CT molecular complexity index is 493. The molecule has 0 bridgehead atoms. The molecule has 0 aliphatic rings. The first-order valence-corrected chi connectivity index (χ1v) is 6.17. The van der Waals surface area contributed by atoms with E-state index in [1.165, 1.54) is 0 Å². The third-order valence-electron chi connectivity index (χ3n) is 2.41. The number of nitrogens with one attached hydrogen (secondary N) is 2. The fourth-order valence-corrected chi connectivity index (χ4v) is 1.65. The number of halogens is 1. The largest absolute Gasteiger partial charge is 0.337 e. The molecule has 1 aromatic heterocycles. The Hall–Kier alpha value is -1.94. The van der Waals surface area contributed by atoms with Gasteiger partial charge in [0.05, 0.1) is 0 Å². The van der Waals surface area contributed by atoms with Gasteiger partial charge >= 0.3 is 6.03 Å². The SMILES string of the molecule is O=C(NCCCl)Nc1ccc(-n2cccc2)cc1. The van der Waals surface area contributed by atoms with Gasteiger partial charge in [-0.05, 0) is 36.4 Å². The molecule has 0 saturated carbocycles. The minimum absolute atomic E-state index is 0.246. The normalized spacial score (nSPS) is 10.1. The minimum Gasteiger partial charge on any atom is -0.337 e. The second-order valence-corrected chi connectivity index (χ2v) is 4.09. The third-order valence-corrected chi connectivity index (χ3v) is 2.60. The van der Waals surface area contributed by atoms with Gasteiger partial charge in [0, 0.05) is 36.2 Å². The number of hydrogen-bond donors (Lipinski definition) is 2. The van der Waals surface area contributed by atoms with Gasteiger partial charge in [0.25, 0.3) is 0 Å². The van der Waals surface area contributed by atoms with Crippen molar-refractivity contribution in [1.29, 1.82) is 0 Å². The monoisotopic (exact) mass is 263 g/mol. The van der Waals surface area contributed by atoms with E-state index < -0.39 is 0 Å². The van der Waals surface area contributed by atoms with Gasteiger partial charge < -0.3 is 15.2 Å². The van der Waals surface area contributed by atoms with Crippen LogP contribution in [-0.2, 0) is 0 Å². The molecule has 0 fully saturated rings. The molecular weight excluding hydrogens is 250 g/mol. The number of hydrogen-bond acceptors (Lipinski definition) is 1. The number of urea groups is 1. The minimum atomic E-state index is -0.246. The Morgan fingerprint density at radius 1 is 1.17 bits per heavy atom. The Labute approximate surface area is 111 Å². The number of aromatic nitrogens is 1. The van der Waals surface area contributed by atoms with Crippen LogP contribution in [0.3, 0.4) is 0 Å². The molecule has 0 aliphatic heterocycles. The molecule has 2 amide bonds. The van der Waals surface area contributed by atoms with E-state index >= 15 is 0 Å². The zero-order valence-electron chi connectivity index (χ0n) is 9.77. The van der Waals surface area contributed by atoms with Crippen LogP contribution in [0.1, 0.15) is 0 Å². The third kappa shape index (κ3) is 3.28. The highest BCUT2D eigenvalue weighted by atomic mass is 35.5.